The van der Waals surface area contributed by atoms with Crippen LogP contribution >= 0.6 is 0 Å². The van der Waals surface area contributed by atoms with Crippen LogP contribution in [-0.2, 0) is 0 Å². The van der Waals surface area contributed by atoms with E-state index in [1.54, 1.807) is 30.3 Å². The Morgan fingerprint density at radius 1 is 0.966 bits per heavy atom. The van der Waals surface area contributed by atoms with Gasteiger partial charge in [-0.2, -0.15) is 19.0 Å². The summed E-state index contributed by atoms with van der Waals surface area (Å²) < 4.78 is 46.7. The van der Waals surface area contributed by atoms with E-state index in [2.05, 4.69) is 14.9 Å². The minimum absolute atomic E-state index is 0.0290. The molecule has 0 bridgehead atoms. The van der Waals surface area contributed by atoms with Crippen molar-refractivity contribution in [2.75, 3.05) is 0 Å². The summed E-state index contributed by atoms with van der Waals surface area (Å²) >= 11 is 0. The molecule has 0 N–H and O–H groups in total. The van der Waals surface area contributed by atoms with E-state index in [0.717, 1.165) is 10.9 Å². The van der Waals surface area contributed by atoms with Crippen molar-refractivity contribution in [2.24, 2.45) is 0 Å². The third-order valence-corrected chi connectivity index (χ3v) is 4.09. The van der Waals surface area contributed by atoms with Gasteiger partial charge in [0.2, 0.25) is 0 Å². The number of hydrogen-bond acceptors (Lipinski definition) is 4. The van der Waals surface area contributed by atoms with Gasteiger partial charge in [0.25, 0.3) is 5.43 Å². The molecule has 6 nitrogen and oxygen atoms in total. The van der Waals surface area contributed by atoms with Crippen LogP contribution in [0.1, 0.15) is 0 Å². The Balaban J connectivity index is 1.95. The van der Waals surface area contributed by atoms with Crippen molar-refractivity contribution in [3.05, 3.63) is 89.1 Å². The molecule has 2 heterocycles. The first-order valence-corrected chi connectivity index (χ1v) is 8.48. The van der Waals surface area contributed by atoms with Gasteiger partial charge in [-0.3, -0.25) is 4.79 Å². The normalized spacial score (nSPS) is 11.0. The molecular weight excluding hydrogens is 385 g/mol. The molecule has 0 radical (unpaired) electrons. The number of alkyl halides is 2. The molecule has 0 fully saturated rings. The Bertz CT molecular complexity index is 1210. The highest BCUT2D eigenvalue weighted by Crippen LogP contribution is 2.22. The Morgan fingerprint density at radius 2 is 1.69 bits per heavy atom. The lowest BCUT2D eigenvalue weighted by Gasteiger charge is -2.13. The van der Waals surface area contributed by atoms with Crippen molar-refractivity contribution < 1.29 is 17.9 Å². The van der Waals surface area contributed by atoms with Crippen LogP contribution in [0, 0.1) is 5.82 Å². The smallest absolute Gasteiger partial charge is 0.387 e. The zero-order chi connectivity index (χ0) is 20.4. The number of ether oxygens (including phenoxy) is 1. The molecule has 0 amide bonds. The molecule has 0 saturated carbocycles. The molecule has 4 rings (SSSR count). The number of para-hydroxylation sites is 2. The van der Waals surface area contributed by atoms with Gasteiger partial charge in [0, 0.05) is 0 Å². The Hall–Kier alpha value is -3.88. The highest BCUT2D eigenvalue weighted by atomic mass is 19.3. The standard InChI is InChI=1S/C20H13F3N4O2/c21-14-8-4-5-9-15(14)26-12-17(29-20(22)23)19(28)18(25-26)16-10-11-24-27(16)13-6-2-1-3-7-13/h1-12,20H. The monoisotopic (exact) mass is 398 g/mol. The first kappa shape index (κ1) is 18.5. The fourth-order valence-electron chi connectivity index (χ4n) is 2.83. The molecule has 9 heteroatoms. The third-order valence-electron chi connectivity index (χ3n) is 4.09. The number of hydrogen-bond donors (Lipinski definition) is 0. The predicted octanol–water partition coefficient (Wildman–Crippen LogP) is 3.83. The SMILES string of the molecule is O=c1c(OC(F)F)cn(-c2ccccc2F)nc1-c1ccnn1-c1ccccc1. The van der Waals surface area contributed by atoms with Gasteiger partial charge in [-0.05, 0) is 30.3 Å². The van der Waals surface area contributed by atoms with Crippen LogP contribution in [0.25, 0.3) is 22.8 Å². The molecule has 0 unspecified atom stereocenters. The van der Waals surface area contributed by atoms with Crippen molar-refractivity contribution in [1.29, 1.82) is 0 Å². The summed E-state index contributed by atoms with van der Waals surface area (Å²) in [6, 6.07) is 16.0. The van der Waals surface area contributed by atoms with E-state index >= 15 is 0 Å². The van der Waals surface area contributed by atoms with E-state index < -0.39 is 23.6 Å². The van der Waals surface area contributed by atoms with Crippen LogP contribution in [-0.4, -0.2) is 26.2 Å². The van der Waals surface area contributed by atoms with Crippen LogP contribution in [0.3, 0.4) is 0 Å². The highest BCUT2D eigenvalue weighted by Gasteiger charge is 2.20. The van der Waals surface area contributed by atoms with E-state index in [9.17, 15) is 18.0 Å². The van der Waals surface area contributed by atoms with Crippen LogP contribution in [0.4, 0.5) is 13.2 Å². The molecule has 146 valence electrons. The number of halogens is 3. The van der Waals surface area contributed by atoms with Crippen LogP contribution < -0.4 is 10.2 Å². The second kappa shape index (κ2) is 7.63. The van der Waals surface area contributed by atoms with Gasteiger partial charge in [0.05, 0.1) is 23.8 Å². The summed E-state index contributed by atoms with van der Waals surface area (Å²) in [5, 5.41) is 8.36. The quantitative estimate of drug-likeness (QED) is 0.513. The van der Waals surface area contributed by atoms with Crippen LogP contribution in [0.2, 0.25) is 0 Å². The van der Waals surface area contributed by atoms with E-state index in [1.807, 2.05) is 6.07 Å². The van der Waals surface area contributed by atoms with Crippen LogP contribution in [0.15, 0.2) is 77.9 Å². The van der Waals surface area contributed by atoms with Gasteiger partial charge in [0.15, 0.2) is 11.4 Å². The number of rotatable bonds is 5. The van der Waals surface area contributed by atoms with Crippen molar-refractivity contribution in [1.82, 2.24) is 19.6 Å². The van der Waals surface area contributed by atoms with Gasteiger partial charge in [-0.15, -0.1) is 0 Å². The van der Waals surface area contributed by atoms with E-state index in [-0.39, 0.29) is 17.1 Å². The van der Waals surface area contributed by atoms with Crippen molar-refractivity contribution in [2.45, 2.75) is 6.61 Å². The average molecular weight is 398 g/mol. The molecule has 2 aromatic carbocycles. The van der Waals surface area contributed by atoms with Gasteiger partial charge in [-0.25, -0.2) is 13.8 Å². The summed E-state index contributed by atoms with van der Waals surface area (Å²) in [7, 11) is 0. The number of benzene rings is 2. The van der Waals surface area contributed by atoms with Crippen molar-refractivity contribution in [3.8, 4) is 28.5 Å². The summed E-state index contributed by atoms with van der Waals surface area (Å²) in [5.41, 5.74) is -0.237. The first-order chi connectivity index (χ1) is 14.0. The third kappa shape index (κ3) is 3.62. The van der Waals surface area contributed by atoms with E-state index in [0.29, 0.717) is 5.69 Å². The van der Waals surface area contributed by atoms with Crippen molar-refractivity contribution in [3.63, 3.8) is 0 Å². The maximum atomic E-state index is 14.2. The predicted molar refractivity (Wildman–Crippen MR) is 99.0 cm³/mol. The first-order valence-electron chi connectivity index (χ1n) is 8.48. The molecule has 0 aliphatic rings. The topological polar surface area (TPSA) is 61.9 Å². The minimum atomic E-state index is -3.23. The molecule has 0 saturated heterocycles. The lowest BCUT2D eigenvalue weighted by Crippen LogP contribution is -2.20. The molecule has 0 atom stereocenters. The summed E-state index contributed by atoms with van der Waals surface area (Å²) in [6.07, 6.45) is 2.37. The molecule has 29 heavy (non-hydrogen) atoms. The second-order valence-electron chi connectivity index (χ2n) is 5.91. The van der Waals surface area contributed by atoms with Gasteiger partial charge < -0.3 is 4.74 Å². The van der Waals surface area contributed by atoms with E-state index in [4.69, 9.17) is 0 Å². The molecule has 2 aromatic heterocycles. The average Bonchev–Trinajstić information content (AvgIpc) is 3.20. The van der Waals surface area contributed by atoms with Gasteiger partial charge >= 0.3 is 6.61 Å². The molecule has 0 spiro atoms. The Kier molecular flexibility index (Phi) is 4.86. The fraction of sp³-hybridized carbons (Fsp3) is 0.0500. The molecule has 4 aromatic rings. The van der Waals surface area contributed by atoms with Crippen molar-refractivity contribution >= 4 is 0 Å². The molecule has 0 aliphatic heterocycles. The lowest BCUT2D eigenvalue weighted by atomic mass is 10.2. The zero-order valence-corrected chi connectivity index (χ0v) is 14.7. The number of aromatic nitrogens is 4. The maximum Gasteiger partial charge on any atom is 0.387 e. The molecule has 0 aliphatic carbocycles. The Labute approximate surface area is 162 Å². The van der Waals surface area contributed by atoms with E-state index in [1.165, 1.54) is 35.1 Å². The summed E-state index contributed by atoms with van der Waals surface area (Å²) in [4.78, 5) is 12.8. The summed E-state index contributed by atoms with van der Waals surface area (Å²) in [6.45, 7) is -3.23. The largest absolute Gasteiger partial charge is 0.429 e. The lowest BCUT2D eigenvalue weighted by molar-refractivity contribution is -0.0509. The second-order valence-corrected chi connectivity index (χ2v) is 5.91. The maximum absolute atomic E-state index is 14.2. The summed E-state index contributed by atoms with van der Waals surface area (Å²) in [5.74, 6) is -1.30. The minimum Gasteiger partial charge on any atom is -0.429 e. The highest BCUT2D eigenvalue weighted by molar-refractivity contribution is 5.59. The van der Waals surface area contributed by atoms with Gasteiger partial charge in [0.1, 0.15) is 11.5 Å². The van der Waals surface area contributed by atoms with Gasteiger partial charge in [-0.1, -0.05) is 30.3 Å². The fourth-order valence-corrected chi connectivity index (χ4v) is 2.83. The van der Waals surface area contributed by atoms with Crippen LogP contribution in [0.5, 0.6) is 5.75 Å². The zero-order valence-electron chi connectivity index (χ0n) is 14.7. The Morgan fingerprint density at radius 3 is 2.41 bits per heavy atom. The molecular formula is C20H13F3N4O2. The number of nitrogens with zero attached hydrogens (tertiary/aromatic N) is 4.